The molecule has 0 bridgehead atoms. The Balaban J connectivity index is 2.16. The molecule has 110 valence electrons. The van der Waals surface area contributed by atoms with E-state index in [2.05, 4.69) is 0 Å². The lowest BCUT2D eigenvalue weighted by Gasteiger charge is -2.30. The summed E-state index contributed by atoms with van der Waals surface area (Å²) in [5.74, 6) is 0.373. The number of nitrogens with zero attached hydrogens (tertiary/aromatic N) is 2. The van der Waals surface area contributed by atoms with Gasteiger partial charge in [-0.05, 0) is 37.4 Å². The van der Waals surface area contributed by atoms with Crippen LogP contribution in [0.4, 0.5) is 5.69 Å². The molecule has 0 radical (unpaired) electrons. The molecule has 0 aliphatic carbocycles. The lowest BCUT2D eigenvalue weighted by Crippen LogP contribution is -2.39. The summed E-state index contributed by atoms with van der Waals surface area (Å²) >= 11 is 0. The van der Waals surface area contributed by atoms with Crippen molar-refractivity contribution < 1.29 is 13.3 Å². The van der Waals surface area contributed by atoms with Crippen molar-refractivity contribution in [2.45, 2.75) is 17.7 Å². The van der Waals surface area contributed by atoms with Crippen molar-refractivity contribution >= 4 is 15.7 Å². The van der Waals surface area contributed by atoms with Gasteiger partial charge in [-0.1, -0.05) is 0 Å². The number of hydrogen-bond donors (Lipinski definition) is 1. The van der Waals surface area contributed by atoms with Crippen LogP contribution in [0.3, 0.4) is 0 Å². The molecular formula is C12H17N3O4S. The van der Waals surface area contributed by atoms with Crippen LogP contribution in [0.5, 0.6) is 0 Å². The van der Waals surface area contributed by atoms with Crippen LogP contribution >= 0.6 is 0 Å². The average Bonchev–Trinajstić information content (AvgIpc) is 2.47. The molecule has 1 aliphatic rings. The van der Waals surface area contributed by atoms with Crippen LogP contribution in [-0.2, 0) is 10.0 Å². The molecule has 2 N–H and O–H groups in total. The molecule has 1 fully saturated rings. The summed E-state index contributed by atoms with van der Waals surface area (Å²) in [5, 5.41) is 10.6. The van der Waals surface area contributed by atoms with Crippen molar-refractivity contribution in [1.29, 1.82) is 0 Å². The number of rotatable bonds is 4. The Labute approximate surface area is 117 Å². The van der Waals surface area contributed by atoms with E-state index >= 15 is 0 Å². The summed E-state index contributed by atoms with van der Waals surface area (Å²) in [5.41, 5.74) is 5.46. The second kappa shape index (κ2) is 5.86. The summed E-state index contributed by atoms with van der Waals surface area (Å²) in [4.78, 5) is 10.1. The quantitative estimate of drug-likeness (QED) is 0.658. The zero-order chi connectivity index (χ0) is 14.8. The third-order valence-corrected chi connectivity index (χ3v) is 5.51. The number of nitro groups is 1. The fourth-order valence-corrected chi connectivity index (χ4v) is 3.74. The number of benzene rings is 1. The summed E-state index contributed by atoms with van der Waals surface area (Å²) in [7, 11) is -3.57. The molecule has 0 amide bonds. The van der Waals surface area contributed by atoms with Crippen LogP contribution in [0.25, 0.3) is 0 Å². The molecule has 20 heavy (non-hydrogen) atoms. The number of sulfonamides is 1. The van der Waals surface area contributed by atoms with E-state index in [1.54, 1.807) is 0 Å². The van der Waals surface area contributed by atoms with Crippen molar-refractivity contribution in [3.8, 4) is 0 Å². The van der Waals surface area contributed by atoms with E-state index in [0.29, 0.717) is 25.6 Å². The smallest absolute Gasteiger partial charge is 0.269 e. The van der Waals surface area contributed by atoms with E-state index in [4.69, 9.17) is 5.73 Å². The van der Waals surface area contributed by atoms with E-state index in [1.807, 2.05) is 0 Å². The van der Waals surface area contributed by atoms with E-state index in [-0.39, 0.29) is 10.6 Å². The Hall–Kier alpha value is -1.51. The molecule has 1 heterocycles. The molecule has 0 aromatic heterocycles. The van der Waals surface area contributed by atoms with Crippen LogP contribution in [0, 0.1) is 16.0 Å². The van der Waals surface area contributed by atoms with Gasteiger partial charge >= 0.3 is 0 Å². The van der Waals surface area contributed by atoms with Crippen LogP contribution < -0.4 is 5.73 Å². The highest BCUT2D eigenvalue weighted by atomic mass is 32.2. The van der Waals surface area contributed by atoms with Crippen molar-refractivity contribution in [2.75, 3.05) is 19.6 Å². The molecular weight excluding hydrogens is 282 g/mol. The van der Waals surface area contributed by atoms with Crippen molar-refractivity contribution in [3.05, 3.63) is 34.4 Å². The first-order chi connectivity index (χ1) is 9.45. The van der Waals surface area contributed by atoms with Crippen LogP contribution in [0.2, 0.25) is 0 Å². The average molecular weight is 299 g/mol. The lowest BCUT2D eigenvalue weighted by molar-refractivity contribution is -0.384. The molecule has 1 aromatic rings. The summed E-state index contributed by atoms with van der Waals surface area (Å²) in [6.07, 6.45) is 1.51. The number of piperidine rings is 1. The molecule has 1 aromatic carbocycles. The largest absolute Gasteiger partial charge is 0.330 e. The Bertz CT molecular complexity index is 577. The summed E-state index contributed by atoms with van der Waals surface area (Å²) < 4.78 is 26.2. The third kappa shape index (κ3) is 2.97. The first-order valence-electron chi connectivity index (χ1n) is 6.40. The third-order valence-electron chi connectivity index (χ3n) is 3.59. The minimum Gasteiger partial charge on any atom is -0.330 e. The first-order valence-corrected chi connectivity index (χ1v) is 7.84. The van der Waals surface area contributed by atoms with Gasteiger partial charge in [0.05, 0.1) is 9.82 Å². The molecule has 2 rings (SSSR count). The minimum atomic E-state index is -3.57. The van der Waals surface area contributed by atoms with Gasteiger partial charge in [0.25, 0.3) is 5.69 Å². The number of nitrogens with two attached hydrogens (primary N) is 1. The van der Waals surface area contributed by atoms with Gasteiger partial charge in [-0.3, -0.25) is 10.1 Å². The zero-order valence-electron chi connectivity index (χ0n) is 10.9. The monoisotopic (exact) mass is 299 g/mol. The van der Waals surface area contributed by atoms with Gasteiger partial charge in [-0.15, -0.1) is 0 Å². The molecule has 0 atom stereocenters. The Morgan fingerprint density at radius 2 is 1.80 bits per heavy atom. The summed E-state index contributed by atoms with van der Waals surface area (Å²) in [6.45, 7) is 1.47. The number of nitro benzene ring substituents is 1. The van der Waals surface area contributed by atoms with Gasteiger partial charge in [-0.25, -0.2) is 8.42 Å². The Morgan fingerprint density at radius 3 is 2.25 bits per heavy atom. The SMILES string of the molecule is NCC1CCN(S(=O)(=O)c2ccc([N+](=O)[O-])cc2)CC1. The molecule has 0 spiro atoms. The maximum atomic E-state index is 12.4. The molecule has 1 saturated heterocycles. The van der Waals surface area contributed by atoms with Crippen LogP contribution in [-0.4, -0.2) is 37.3 Å². The maximum Gasteiger partial charge on any atom is 0.269 e. The predicted octanol–water partition coefficient (Wildman–Crippen LogP) is 0.954. The molecule has 0 unspecified atom stereocenters. The maximum absolute atomic E-state index is 12.4. The van der Waals surface area contributed by atoms with E-state index < -0.39 is 14.9 Å². The topological polar surface area (TPSA) is 107 Å². The first kappa shape index (κ1) is 14.9. The Kier molecular flexibility index (Phi) is 4.36. The van der Waals surface area contributed by atoms with E-state index in [1.165, 1.54) is 28.6 Å². The highest BCUT2D eigenvalue weighted by Crippen LogP contribution is 2.24. The lowest BCUT2D eigenvalue weighted by atomic mass is 9.99. The summed E-state index contributed by atoms with van der Waals surface area (Å²) in [6, 6.07) is 4.98. The second-order valence-corrected chi connectivity index (χ2v) is 6.77. The number of non-ortho nitro benzene ring substituents is 1. The fraction of sp³-hybridized carbons (Fsp3) is 0.500. The molecule has 1 aliphatic heterocycles. The zero-order valence-corrected chi connectivity index (χ0v) is 11.8. The number of hydrogen-bond acceptors (Lipinski definition) is 5. The van der Waals surface area contributed by atoms with Gasteiger partial charge < -0.3 is 5.73 Å². The fourth-order valence-electron chi connectivity index (χ4n) is 2.27. The minimum absolute atomic E-state index is 0.0919. The van der Waals surface area contributed by atoms with Gasteiger partial charge in [-0.2, -0.15) is 4.31 Å². The van der Waals surface area contributed by atoms with Crippen LogP contribution in [0.15, 0.2) is 29.2 Å². The van der Waals surface area contributed by atoms with Gasteiger partial charge in [0.2, 0.25) is 10.0 Å². The highest BCUT2D eigenvalue weighted by molar-refractivity contribution is 7.89. The van der Waals surface area contributed by atoms with Crippen molar-refractivity contribution in [1.82, 2.24) is 4.31 Å². The normalized spacial score (nSPS) is 18.1. The van der Waals surface area contributed by atoms with Gasteiger partial charge in [0.15, 0.2) is 0 Å². The van der Waals surface area contributed by atoms with E-state index in [0.717, 1.165) is 12.8 Å². The predicted molar refractivity (Wildman–Crippen MR) is 73.6 cm³/mol. The molecule has 0 saturated carbocycles. The molecule has 7 nitrogen and oxygen atoms in total. The molecule has 8 heteroatoms. The second-order valence-electron chi connectivity index (χ2n) is 4.83. The Morgan fingerprint density at radius 1 is 1.25 bits per heavy atom. The van der Waals surface area contributed by atoms with Crippen LogP contribution in [0.1, 0.15) is 12.8 Å². The van der Waals surface area contributed by atoms with E-state index in [9.17, 15) is 18.5 Å². The van der Waals surface area contributed by atoms with Gasteiger partial charge in [0.1, 0.15) is 0 Å². The standard InChI is InChI=1S/C12H17N3O4S/c13-9-10-5-7-14(8-6-10)20(18,19)12-3-1-11(2-4-12)15(16)17/h1-4,10H,5-9,13H2. The van der Waals surface area contributed by atoms with Crippen molar-refractivity contribution in [3.63, 3.8) is 0 Å². The van der Waals surface area contributed by atoms with Crippen molar-refractivity contribution in [2.24, 2.45) is 11.7 Å². The van der Waals surface area contributed by atoms with Gasteiger partial charge in [0, 0.05) is 25.2 Å². The highest BCUT2D eigenvalue weighted by Gasteiger charge is 2.29.